The Morgan fingerprint density at radius 3 is 2.62 bits per heavy atom. The van der Waals surface area contributed by atoms with E-state index in [0.717, 1.165) is 12.8 Å². The molecule has 6 heteroatoms. The fourth-order valence-electron chi connectivity index (χ4n) is 2.12. The van der Waals surface area contributed by atoms with Crippen LogP contribution in [0.5, 0.6) is 5.75 Å². The smallest absolute Gasteiger partial charge is 0.333 e. The van der Waals surface area contributed by atoms with Gasteiger partial charge < -0.3 is 14.7 Å². The number of hydrogen-bond acceptors (Lipinski definition) is 5. The van der Waals surface area contributed by atoms with E-state index in [1.165, 1.54) is 0 Å². The number of anilines is 1. The molecule has 0 saturated heterocycles. The lowest BCUT2D eigenvalue weighted by Gasteiger charge is -2.24. The van der Waals surface area contributed by atoms with Crippen molar-refractivity contribution in [2.45, 2.75) is 39.7 Å². The summed E-state index contributed by atoms with van der Waals surface area (Å²) in [7, 11) is 0. The van der Waals surface area contributed by atoms with Crippen LogP contribution in [-0.2, 0) is 0 Å². The Morgan fingerprint density at radius 2 is 2.10 bits per heavy atom. The number of nitrogens with zero attached hydrogens (tertiary/aromatic N) is 2. The van der Waals surface area contributed by atoms with E-state index >= 15 is 0 Å². The summed E-state index contributed by atoms with van der Waals surface area (Å²) in [5.41, 5.74) is 0.469. The van der Waals surface area contributed by atoms with Crippen molar-refractivity contribution in [2.24, 2.45) is 0 Å². The number of aliphatic hydroxyl groups excluding tert-OH is 1. The molecule has 0 fully saturated rings. The Labute approximate surface area is 125 Å². The van der Waals surface area contributed by atoms with Crippen LogP contribution in [0.25, 0.3) is 0 Å². The first-order valence-electron chi connectivity index (χ1n) is 7.31. The zero-order chi connectivity index (χ0) is 15.8. The molecular formula is C15H24N2O4. The van der Waals surface area contributed by atoms with Gasteiger partial charge in [0.25, 0.3) is 0 Å². The van der Waals surface area contributed by atoms with Gasteiger partial charge in [0, 0.05) is 13.1 Å². The SMILES string of the molecule is CCCCN(CCO)c1cccc(OC(C)C)c1[N+](=O)[O-]. The van der Waals surface area contributed by atoms with E-state index in [2.05, 4.69) is 6.92 Å². The summed E-state index contributed by atoms with van der Waals surface area (Å²) in [6.45, 7) is 6.72. The maximum Gasteiger partial charge on any atom is 0.333 e. The van der Waals surface area contributed by atoms with Crippen molar-refractivity contribution in [3.05, 3.63) is 28.3 Å². The summed E-state index contributed by atoms with van der Waals surface area (Å²) < 4.78 is 5.55. The fourth-order valence-corrected chi connectivity index (χ4v) is 2.12. The molecule has 0 aliphatic heterocycles. The molecule has 6 nitrogen and oxygen atoms in total. The maximum absolute atomic E-state index is 11.4. The molecule has 0 saturated carbocycles. The van der Waals surface area contributed by atoms with Gasteiger partial charge in [-0.15, -0.1) is 0 Å². The summed E-state index contributed by atoms with van der Waals surface area (Å²) in [5.74, 6) is 0.270. The summed E-state index contributed by atoms with van der Waals surface area (Å²) in [6.07, 6.45) is 1.76. The third-order valence-electron chi connectivity index (χ3n) is 3.02. The van der Waals surface area contributed by atoms with Crippen LogP contribution in [0.15, 0.2) is 18.2 Å². The summed E-state index contributed by atoms with van der Waals surface area (Å²) >= 11 is 0. The minimum Gasteiger partial charge on any atom is -0.484 e. The third-order valence-corrected chi connectivity index (χ3v) is 3.02. The number of hydrogen-bond donors (Lipinski definition) is 1. The lowest BCUT2D eigenvalue weighted by molar-refractivity contribution is -0.385. The molecule has 0 aromatic heterocycles. The van der Waals surface area contributed by atoms with Gasteiger partial charge in [-0.3, -0.25) is 10.1 Å². The monoisotopic (exact) mass is 296 g/mol. The molecule has 1 N–H and O–H groups in total. The number of ether oxygens (including phenoxy) is 1. The van der Waals surface area contributed by atoms with Crippen LogP contribution >= 0.6 is 0 Å². The minimum atomic E-state index is -0.413. The topological polar surface area (TPSA) is 75.8 Å². The normalized spacial score (nSPS) is 10.7. The van der Waals surface area contributed by atoms with Gasteiger partial charge in [0.2, 0.25) is 0 Å². The van der Waals surface area contributed by atoms with Crippen molar-refractivity contribution < 1.29 is 14.8 Å². The molecule has 0 aliphatic rings. The first kappa shape index (κ1) is 17.2. The van der Waals surface area contributed by atoms with Crippen LogP contribution < -0.4 is 9.64 Å². The Kier molecular flexibility index (Phi) is 6.94. The third kappa shape index (κ3) is 4.90. The van der Waals surface area contributed by atoms with Crippen molar-refractivity contribution in [3.8, 4) is 5.75 Å². The molecule has 0 radical (unpaired) electrons. The van der Waals surface area contributed by atoms with Crippen LogP contribution in [-0.4, -0.2) is 35.8 Å². The highest BCUT2D eigenvalue weighted by atomic mass is 16.6. The Bertz CT molecular complexity index is 463. The summed E-state index contributed by atoms with van der Waals surface area (Å²) in [5, 5.41) is 20.6. The first-order chi connectivity index (χ1) is 10.0. The molecule has 0 atom stereocenters. The predicted octanol–water partition coefficient (Wildman–Crippen LogP) is 2.98. The van der Waals surface area contributed by atoms with Gasteiger partial charge in [0.15, 0.2) is 5.75 Å². The fraction of sp³-hybridized carbons (Fsp3) is 0.600. The van der Waals surface area contributed by atoms with Crippen molar-refractivity contribution in [2.75, 3.05) is 24.6 Å². The van der Waals surface area contributed by atoms with Gasteiger partial charge in [-0.2, -0.15) is 0 Å². The van der Waals surface area contributed by atoms with Crippen molar-refractivity contribution in [3.63, 3.8) is 0 Å². The van der Waals surface area contributed by atoms with E-state index < -0.39 is 4.92 Å². The number of nitro groups is 1. The largest absolute Gasteiger partial charge is 0.484 e. The average Bonchev–Trinajstić information content (AvgIpc) is 2.42. The highest BCUT2D eigenvalue weighted by Gasteiger charge is 2.25. The number of aliphatic hydroxyl groups is 1. The second-order valence-electron chi connectivity index (χ2n) is 5.11. The van der Waals surface area contributed by atoms with Crippen molar-refractivity contribution >= 4 is 11.4 Å². The van der Waals surface area contributed by atoms with Crippen LogP contribution in [0.2, 0.25) is 0 Å². The molecule has 1 aromatic carbocycles. The van der Waals surface area contributed by atoms with Gasteiger partial charge >= 0.3 is 5.69 Å². The van der Waals surface area contributed by atoms with Crippen molar-refractivity contribution in [1.29, 1.82) is 0 Å². The molecule has 0 spiro atoms. The number of benzene rings is 1. The quantitative estimate of drug-likeness (QED) is 0.560. The van der Waals surface area contributed by atoms with Crippen LogP contribution in [0.3, 0.4) is 0 Å². The zero-order valence-electron chi connectivity index (χ0n) is 12.9. The van der Waals surface area contributed by atoms with E-state index in [0.29, 0.717) is 18.8 Å². The van der Waals surface area contributed by atoms with Gasteiger partial charge in [-0.25, -0.2) is 0 Å². The van der Waals surface area contributed by atoms with Gasteiger partial charge in [-0.05, 0) is 32.4 Å². The van der Waals surface area contributed by atoms with E-state index in [-0.39, 0.29) is 24.1 Å². The van der Waals surface area contributed by atoms with E-state index in [9.17, 15) is 15.2 Å². The highest BCUT2D eigenvalue weighted by Crippen LogP contribution is 2.37. The predicted molar refractivity (Wildman–Crippen MR) is 83.1 cm³/mol. The Hall–Kier alpha value is -1.82. The molecule has 0 unspecified atom stereocenters. The number of para-hydroxylation sites is 1. The maximum atomic E-state index is 11.4. The number of nitro benzene ring substituents is 1. The molecule has 0 heterocycles. The van der Waals surface area contributed by atoms with Crippen LogP contribution in [0, 0.1) is 10.1 Å². The minimum absolute atomic E-state index is 0.0317. The Morgan fingerprint density at radius 1 is 1.38 bits per heavy atom. The number of unbranched alkanes of at least 4 members (excludes halogenated alkanes) is 1. The zero-order valence-corrected chi connectivity index (χ0v) is 12.9. The van der Waals surface area contributed by atoms with E-state index in [4.69, 9.17) is 4.74 Å². The average molecular weight is 296 g/mol. The van der Waals surface area contributed by atoms with E-state index in [1.807, 2.05) is 18.7 Å². The molecule has 1 rings (SSSR count). The molecule has 0 amide bonds. The van der Waals surface area contributed by atoms with E-state index in [1.54, 1.807) is 18.2 Å². The molecule has 118 valence electrons. The lowest BCUT2D eigenvalue weighted by Crippen LogP contribution is -2.28. The summed E-state index contributed by atoms with van der Waals surface area (Å²) in [4.78, 5) is 12.9. The molecule has 0 bridgehead atoms. The molecule has 21 heavy (non-hydrogen) atoms. The van der Waals surface area contributed by atoms with Gasteiger partial charge in [-0.1, -0.05) is 19.4 Å². The van der Waals surface area contributed by atoms with Gasteiger partial charge in [0.05, 0.1) is 17.6 Å². The standard InChI is InChI=1S/C15H24N2O4/c1-4-5-9-16(10-11-18)13-7-6-8-14(21-12(2)3)15(13)17(19)20/h6-8,12,18H,4-5,9-11H2,1-3H3. The second-order valence-corrected chi connectivity index (χ2v) is 5.11. The molecule has 1 aromatic rings. The van der Waals surface area contributed by atoms with Gasteiger partial charge in [0.1, 0.15) is 5.69 Å². The Balaban J connectivity index is 3.21. The lowest BCUT2D eigenvalue weighted by atomic mass is 10.2. The highest BCUT2D eigenvalue weighted by molar-refractivity contribution is 5.69. The van der Waals surface area contributed by atoms with Crippen LogP contribution in [0.4, 0.5) is 11.4 Å². The number of rotatable bonds is 9. The molecular weight excluding hydrogens is 272 g/mol. The second kappa shape index (κ2) is 8.46. The molecule has 0 aliphatic carbocycles. The van der Waals surface area contributed by atoms with Crippen LogP contribution in [0.1, 0.15) is 33.6 Å². The summed E-state index contributed by atoms with van der Waals surface area (Å²) in [6, 6.07) is 5.06. The van der Waals surface area contributed by atoms with Crippen molar-refractivity contribution in [1.82, 2.24) is 0 Å². The first-order valence-corrected chi connectivity index (χ1v) is 7.31.